The van der Waals surface area contributed by atoms with Crippen molar-refractivity contribution in [1.29, 1.82) is 4.78 Å². The minimum Gasteiger partial charge on any atom is -0.276 e. The average molecular weight is 225 g/mol. The van der Waals surface area contributed by atoms with Crippen molar-refractivity contribution in [2.75, 3.05) is 6.26 Å². The van der Waals surface area contributed by atoms with Crippen LogP contribution in [0.1, 0.15) is 5.56 Å². The van der Waals surface area contributed by atoms with Gasteiger partial charge in [0.2, 0.25) is 0 Å². The van der Waals surface area contributed by atoms with Crippen LogP contribution in [0, 0.1) is 35.0 Å². The zero-order valence-electron chi connectivity index (χ0n) is 7.42. The van der Waals surface area contributed by atoms with Crippen molar-refractivity contribution < 1.29 is 17.6 Å². The van der Waals surface area contributed by atoms with Gasteiger partial charge >= 0.3 is 0 Å². The Bertz CT molecular complexity index is 387. The fraction of sp³-hybridized carbons (Fsp3) is 0.250. The number of nitrogens with one attached hydrogen (secondary N) is 1. The third-order valence-electron chi connectivity index (χ3n) is 1.75. The summed E-state index contributed by atoms with van der Waals surface area (Å²) >= 11 is 0. The largest absolute Gasteiger partial charge is 0.276 e. The zero-order chi connectivity index (χ0) is 11.0. The quantitative estimate of drug-likeness (QED) is 0.561. The summed E-state index contributed by atoms with van der Waals surface area (Å²) in [5.41, 5.74) is -0.700. The number of benzene rings is 1. The van der Waals surface area contributed by atoms with Gasteiger partial charge in [0, 0.05) is 5.56 Å². The van der Waals surface area contributed by atoms with Crippen LogP contribution in [0.5, 0.6) is 0 Å². The van der Waals surface area contributed by atoms with Crippen molar-refractivity contribution >= 4 is 10.7 Å². The molecule has 1 unspecified atom stereocenters. The Labute approximate surface area is 80.6 Å². The lowest BCUT2D eigenvalue weighted by atomic mass is 10.2. The highest BCUT2D eigenvalue weighted by Gasteiger charge is 2.23. The monoisotopic (exact) mass is 225 g/mol. The molecule has 0 aliphatic heterocycles. The Morgan fingerprint density at radius 2 is 1.29 bits per heavy atom. The lowest BCUT2D eigenvalue weighted by molar-refractivity contribution is 0.417. The summed E-state index contributed by atoms with van der Waals surface area (Å²) in [6.07, 6.45) is 1.16. The van der Waals surface area contributed by atoms with Gasteiger partial charge < -0.3 is 0 Å². The van der Waals surface area contributed by atoms with E-state index in [0.717, 1.165) is 13.2 Å². The van der Waals surface area contributed by atoms with E-state index >= 15 is 0 Å². The van der Waals surface area contributed by atoms with Crippen LogP contribution in [-0.4, -0.2) is 6.26 Å². The molecular weight excluding hydrogens is 218 g/mol. The van der Waals surface area contributed by atoms with Gasteiger partial charge in [-0.05, 0) is 13.2 Å². The molecule has 0 aromatic heterocycles. The van der Waals surface area contributed by atoms with Crippen LogP contribution < -0.4 is 0 Å². The van der Waals surface area contributed by atoms with Gasteiger partial charge in [0.25, 0.3) is 0 Å². The molecule has 0 spiro atoms. The van der Waals surface area contributed by atoms with Gasteiger partial charge in [-0.1, -0.05) is 10.7 Å². The summed E-state index contributed by atoms with van der Waals surface area (Å²) < 4.78 is 59.1. The van der Waals surface area contributed by atoms with Gasteiger partial charge in [-0.3, -0.25) is 4.78 Å². The molecular formula is C8H7F4NS. The Hall–Kier alpha value is -0.910. The Morgan fingerprint density at radius 3 is 1.57 bits per heavy atom. The first-order valence-corrected chi connectivity index (χ1v) is 5.21. The molecule has 1 atom stereocenters. The van der Waals surface area contributed by atoms with E-state index in [9.17, 15) is 17.6 Å². The summed E-state index contributed by atoms with van der Waals surface area (Å²) in [6, 6.07) is 0. The van der Waals surface area contributed by atoms with Gasteiger partial charge in [0.15, 0.2) is 23.3 Å². The van der Waals surface area contributed by atoms with Crippen LogP contribution in [0.2, 0.25) is 0 Å². The van der Waals surface area contributed by atoms with Crippen molar-refractivity contribution in [2.45, 2.75) is 11.8 Å². The first kappa shape index (κ1) is 11.2. The van der Waals surface area contributed by atoms with Crippen molar-refractivity contribution in [1.82, 2.24) is 0 Å². The van der Waals surface area contributed by atoms with Crippen LogP contribution in [0.25, 0.3) is 0 Å². The van der Waals surface area contributed by atoms with Crippen LogP contribution in [-0.2, 0) is 10.7 Å². The normalized spacial score (nSPS) is 13.0. The van der Waals surface area contributed by atoms with E-state index in [1.807, 2.05) is 0 Å². The number of rotatable bonds is 1. The van der Waals surface area contributed by atoms with E-state index in [1.54, 1.807) is 0 Å². The van der Waals surface area contributed by atoms with Crippen LogP contribution >= 0.6 is 0 Å². The fourth-order valence-corrected chi connectivity index (χ4v) is 1.71. The lowest BCUT2D eigenvalue weighted by Gasteiger charge is -2.08. The van der Waals surface area contributed by atoms with Gasteiger partial charge in [0.05, 0.1) is 4.90 Å². The van der Waals surface area contributed by atoms with Gasteiger partial charge in [-0.2, -0.15) is 0 Å². The predicted octanol–water partition coefficient (Wildman–Crippen LogP) is 2.92. The molecule has 0 radical (unpaired) electrons. The maximum absolute atomic E-state index is 13.1. The summed E-state index contributed by atoms with van der Waals surface area (Å²) in [6.45, 7) is 0.943. The molecule has 1 nitrogen and oxygen atoms in total. The molecule has 0 heterocycles. The number of hydrogen-bond acceptors (Lipinski definition) is 1. The molecule has 78 valence electrons. The van der Waals surface area contributed by atoms with E-state index in [2.05, 4.69) is 0 Å². The molecule has 6 heteroatoms. The van der Waals surface area contributed by atoms with Gasteiger partial charge in [0.1, 0.15) is 0 Å². The second kappa shape index (κ2) is 3.68. The average Bonchev–Trinajstić information content (AvgIpc) is 2.11. The maximum Gasteiger partial charge on any atom is 0.176 e. The molecule has 0 saturated heterocycles. The fourth-order valence-electron chi connectivity index (χ4n) is 0.990. The highest BCUT2D eigenvalue weighted by atomic mass is 32.2. The van der Waals surface area contributed by atoms with Crippen LogP contribution in [0.4, 0.5) is 17.6 Å². The molecule has 1 rings (SSSR count). The summed E-state index contributed by atoms with van der Waals surface area (Å²) in [5.74, 6) is -5.79. The highest BCUT2D eigenvalue weighted by molar-refractivity contribution is 7.85. The van der Waals surface area contributed by atoms with E-state index in [4.69, 9.17) is 4.78 Å². The lowest BCUT2D eigenvalue weighted by Crippen LogP contribution is -2.06. The van der Waals surface area contributed by atoms with Crippen molar-refractivity contribution in [2.24, 2.45) is 0 Å². The predicted molar refractivity (Wildman–Crippen MR) is 45.3 cm³/mol. The molecule has 14 heavy (non-hydrogen) atoms. The Morgan fingerprint density at radius 1 is 0.929 bits per heavy atom. The number of halogens is 4. The third kappa shape index (κ3) is 1.54. The van der Waals surface area contributed by atoms with Gasteiger partial charge in [-0.15, -0.1) is 0 Å². The minimum absolute atomic E-state index is 0.700. The molecule has 0 fully saturated rings. The van der Waals surface area contributed by atoms with E-state index < -0.39 is 44.4 Å². The Kier molecular flexibility index (Phi) is 2.94. The van der Waals surface area contributed by atoms with E-state index in [0.29, 0.717) is 0 Å². The van der Waals surface area contributed by atoms with Crippen molar-refractivity contribution in [3.63, 3.8) is 0 Å². The SMILES string of the molecule is Cc1c(F)c(F)c(S(C)=N)c(F)c1F. The first-order valence-electron chi connectivity index (χ1n) is 3.57. The van der Waals surface area contributed by atoms with E-state index in [-0.39, 0.29) is 0 Å². The molecule has 1 N–H and O–H groups in total. The minimum atomic E-state index is -1.61. The van der Waals surface area contributed by atoms with Crippen LogP contribution in [0.15, 0.2) is 4.90 Å². The van der Waals surface area contributed by atoms with Crippen LogP contribution in [0.3, 0.4) is 0 Å². The maximum atomic E-state index is 13.1. The van der Waals surface area contributed by atoms with Crippen molar-refractivity contribution in [3.8, 4) is 0 Å². The topological polar surface area (TPSA) is 23.9 Å². The second-order valence-electron chi connectivity index (χ2n) is 2.72. The number of hydrogen-bond donors (Lipinski definition) is 1. The summed E-state index contributed by atoms with van der Waals surface area (Å²) in [4.78, 5) is -0.842. The highest BCUT2D eigenvalue weighted by Crippen LogP contribution is 2.25. The molecule has 0 saturated carbocycles. The summed E-state index contributed by atoms with van der Waals surface area (Å²) in [7, 11) is -1.61. The molecule has 1 aromatic carbocycles. The molecule has 0 aliphatic rings. The Balaban J connectivity index is 3.68. The second-order valence-corrected chi connectivity index (χ2v) is 4.15. The molecule has 1 aromatic rings. The first-order chi connectivity index (χ1) is 6.37. The molecule has 0 bridgehead atoms. The zero-order valence-corrected chi connectivity index (χ0v) is 8.24. The smallest absolute Gasteiger partial charge is 0.176 e. The van der Waals surface area contributed by atoms with E-state index in [1.165, 1.54) is 0 Å². The van der Waals surface area contributed by atoms with Gasteiger partial charge in [-0.25, -0.2) is 17.6 Å². The summed E-state index contributed by atoms with van der Waals surface area (Å²) in [5, 5.41) is 0. The van der Waals surface area contributed by atoms with Crippen molar-refractivity contribution in [3.05, 3.63) is 28.8 Å². The standard InChI is InChI=1S/C8H7F4NS/c1-3-4(9)6(11)8(14(2)13)7(12)5(3)10/h13H,1-2H3. The molecule has 0 aliphatic carbocycles. The third-order valence-corrected chi connectivity index (χ3v) is 2.72. The molecule has 0 amide bonds.